The van der Waals surface area contributed by atoms with Gasteiger partial charge in [0, 0.05) is 12.6 Å². The molecule has 1 saturated carbocycles. The molecule has 0 aromatic heterocycles. The van der Waals surface area contributed by atoms with E-state index in [1.807, 2.05) is 13.0 Å². The summed E-state index contributed by atoms with van der Waals surface area (Å²) in [5, 5.41) is 9.41. The second kappa shape index (κ2) is 6.77. The number of hydrogen-bond donors (Lipinski definition) is 2. The number of aliphatic hydroxyl groups is 1. The first-order valence-corrected chi connectivity index (χ1v) is 8.74. The highest BCUT2D eigenvalue weighted by Gasteiger charge is 2.30. The summed E-state index contributed by atoms with van der Waals surface area (Å²) in [7, 11) is -2.20. The van der Waals surface area contributed by atoms with Crippen molar-refractivity contribution in [1.29, 1.82) is 0 Å². The van der Waals surface area contributed by atoms with Gasteiger partial charge in [-0.15, -0.1) is 0 Å². The first-order chi connectivity index (χ1) is 9.97. The molecule has 6 heteroatoms. The quantitative estimate of drug-likeness (QED) is 0.869. The predicted octanol–water partition coefficient (Wildman–Crippen LogP) is 1.83. The van der Waals surface area contributed by atoms with Crippen molar-refractivity contribution in [2.75, 3.05) is 13.7 Å². The van der Waals surface area contributed by atoms with Crippen LogP contribution in [0.2, 0.25) is 0 Å². The average molecular weight is 313 g/mol. The third-order valence-electron chi connectivity index (χ3n) is 4.06. The monoisotopic (exact) mass is 313 g/mol. The molecule has 0 aliphatic heterocycles. The van der Waals surface area contributed by atoms with E-state index in [1.165, 1.54) is 7.11 Å². The number of hydrogen-bond acceptors (Lipinski definition) is 4. The first kappa shape index (κ1) is 16.3. The summed E-state index contributed by atoms with van der Waals surface area (Å²) in [5.74, 6) is 0.328. The van der Waals surface area contributed by atoms with Crippen LogP contribution in [0.4, 0.5) is 0 Å². The van der Waals surface area contributed by atoms with Gasteiger partial charge in [-0.2, -0.15) is 0 Å². The van der Waals surface area contributed by atoms with E-state index in [4.69, 9.17) is 4.74 Å². The minimum absolute atomic E-state index is 0.00988. The van der Waals surface area contributed by atoms with Gasteiger partial charge in [-0.1, -0.05) is 18.9 Å². The Labute approximate surface area is 126 Å². The summed E-state index contributed by atoms with van der Waals surface area (Å²) >= 11 is 0. The zero-order chi connectivity index (χ0) is 15.5. The maximum atomic E-state index is 12.6. The number of nitrogens with one attached hydrogen (secondary N) is 1. The normalized spacial score (nSPS) is 23.0. The maximum Gasteiger partial charge on any atom is 0.244 e. The Morgan fingerprint density at radius 1 is 1.33 bits per heavy atom. The van der Waals surface area contributed by atoms with Crippen LogP contribution in [0.3, 0.4) is 0 Å². The van der Waals surface area contributed by atoms with Crippen LogP contribution in [0.25, 0.3) is 0 Å². The molecule has 0 bridgehead atoms. The SMILES string of the molecule is COc1ccc(C)cc1S(=O)(=O)NC1CCCCC1CO. The van der Waals surface area contributed by atoms with Crippen molar-refractivity contribution in [1.82, 2.24) is 4.72 Å². The third kappa shape index (κ3) is 3.75. The standard InChI is InChI=1S/C15H23NO4S/c1-11-7-8-14(20-2)15(9-11)21(18,19)16-13-6-4-3-5-12(13)10-17/h7-9,12-13,16-17H,3-6,10H2,1-2H3. The van der Waals surface area contributed by atoms with Crippen molar-refractivity contribution < 1.29 is 18.3 Å². The predicted molar refractivity (Wildman–Crippen MR) is 80.9 cm³/mol. The molecule has 1 aliphatic rings. The first-order valence-electron chi connectivity index (χ1n) is 7.25. The van der Waals surface area contributed by atoms with Crippen LogP contribution in [0.1, 0.15) is 31.2 Å². The number of ether oxygens (including phenoxy) is 1. The van der Waals surface area contributed by atoms with Gasteiger partial charge in [0.1, 0.15) is 10.6 Å². The van der Waals surface area contributed by atoms with Crippen molar-refractivity contribution in [3.05, 3.63) is 23.8 Å². The largest absolute Gasteiger partial charge is 0.495 e. The molecule has 5 nitrogen and oxygen atoms in total. The lowest BCUT2D eigenvalue weighted by Gasteiger charge is -2.30. The number of aryl methyl sites for hydroxylation is 1. The van der Waals surface area contributed by atoms with Crippen LogP contribution >= 0.6 is 0 Å². The Morgan fingerprint density at radius 3 is 2.71 bits per heavy atom. The summed E-state index contributed by atoms with van der Waals surface area (Å²) in [4.78, 5) is 0.160. The van der Waals surface area contributed by atoms with Crippen molar-refractivity contribution in [3.8, 4) is 5.75 Å². The summed E-state index contributed by atoms with van der Waals surface area (Å²) in [6.07, 6.45) is 3.64. The molecule has 2 unspecified atom stereocenters. The average Bonchev–Trinajstić information content (AvgIpc) is 2.47. The summed E-state index contributed by atoms with van der Waals surface area (Å²) in [6.45, 7) is 1.85. The molecular formula is C15H23NO4S. The van der Waals surface area contributed by atoms with Crippen LogP contribution in [-0.4, -0.2) is 33.3 Å². The second-order valence-corrected chi connectivity index (χ2v) is 7.29. The minimum atomic E-state index is -3.65. The van der Waals surface area contributed by atoms with E-state index in [0.29, 0.717) is 5.75 Å². The fourth-order valence-corrected chi connectivity index (χ4v) is 4.43. The van der Waals surface area contributed by atoms with E-state index in [2.05, 4.69) is 4.72 Å². The van der Waals surface area contributed by atoms with Crippen molar-refractivity contribution >= 4 is 10.0 Å². The Bertz CT molecular complexity index is 585. The van der Waals surface area contributed by atoms with Gasteiger partial charge in [-0.25, -0.2) is 13.1 Å². The molecule has 2 N–H and O–H groups in total. The number of aliphatic hydroxyl groups excluding tert-OH is 1. The Kier molecular flexibility index (Phi) is 5.24. The molecule has 2 atom stereocenters. The van der Waals surface area contributed by atoms with Crippen molar-refractivity contribution in [2.24, 2.45) is 5.92 Å². The lowest BCUT2D eigenvalue weighted by atomic mass is 9.86. The molecule has 21 heavy (non-hydrogen) atoms. The third-order valence-corrected chi connectivity index (χ3v) is 5.57. The molecule has 1 aromatic carbocycles. The lowest BCUT2D eigenvalue weighted by Crippen LogP contribution is -2.43. The highest BCUT2D eigenvalue weighted by atomic mass is 32.2. The van der Waals surface area contributed by atoms with E-state index in [-0.39, 0.29) is 23.5 Å². The molecule has 2 rings (SSSR count). The van der Waals surface area contributed by atoms with Gasteiger partial charge in [0.25, 0.3) is 0 Å². The molecule has 118 valence electrons. The van der Waals surface area contributed by atoms with Gasteiger partial charge >= 0.3 is 0 Å². The number of benzene rings is 1. The number of sulfonamides is 1. The van der Waals surface area contributed by atoms with Gasteiger partial charge in [-0.3, -0.25) is 0 Å². The molecule has 0 spiro atoms. The molecule has 0 saturated heterocycles. The second-order valence-electron chi connectivity index (χ2n) is 5.61. The maximum absolute atomic E-state index is 12.6. The van der Waals surface area contributed by atoms with Gasteiger partial charge in [0.15, 0.2) is 0 Å². The summed E-state index contributed by atoms with van der Waals surface area (Å²) in [6, 6.07) is 4.88. The summed E-state index contributed by atoms with van der Waals surface area (Å²) < 4.78 is 33.1. The van der Waals surface area contributed by atoms with E-state index in [9.17, 15) is 13.5 Å². The smallest absolute Gasteiger partial charge is 0.244 e. The highest BCUT2D eigenvalue weighted by molar-refractivity contribution is 7.89. The van der Waals surface area contributed by atoms with E-state index in [1.54, 1.807) is 12.1 Å². The lowest BCUT2D eigenvalue weighted by molar-refractivity contribution is 0.164. The van der Waals surface area contributed by atoms with Crippen LogP contribution in [0, 0.1) is 12.8 Å². The van der Waals surface area contributed by atoms with Gasteiger partial charge < -0.3 is 9.84 Å². The van der Waals surface area contributed by atoms with Gasteiger partial charge in [-0.05, 0) is 43.4 Å². The van der Waals surface area contributed by atoms with Crippen molar-refractivity contribution in [2.45, 2.75) is 43.5 Å². The van der Waals surface area contributed by atoms with E-state index < -0.39 is 10.0 Å². The molecule has 0 heterocycles. The van der Waals surface area contributed by atoms with E-state index >= 15 is 0 Å². The van der Waals surface area contributed by atoms with Gasteiger partial charge in [0.2, 0.25) is 10.0 Å². The highest BCUT2D eigenvalue weighted by Crippen LogP contribution is 2.28. The molecule has 1 fully saturated rings. The molecular weight excluding hydrogens is 290 g/mol. The Balaban J connectivity index is 2.27. The zero-order valence-electron chi connectivity index (χ0n) is 12.5. The molecule has 1 aliphatic carbocycles. The molecule has 0 radical (unpaired) electrons. The topological polar surface area (TPSA) is 75.6 Å². The Morgan fingerprint density at radius 2 is 2.05 bits per heavy atom. The summed E-state index contributed by atoms with van der Waals surface area (Å²) in [5.41, 5.74) is 0.860. The minimum Gasteiger partial charge on any atom is -0.495 e. The Hall–Kier alpha value is -1.11. The van der Waals surface area contributed by atoms with Crippen molar-refractivity contribution in [3.63, 3.8) is 0 Å². The molecule has 1 aromatic rings. The number of methoxy groups -OCH3 is 1. The van der Waals surface area contributed by atoms with Gasteiger partial charge in [0.05, 0.1) is 7.11 Å². The van der Waals surface area contributed by atoms with Crippen LogP contribution in [0.15, 0.2) is 23.1 Å². The van der Waals surface area contributed by atoms with Crippen LogP contribution in [-0.2, 0) is 10.0 Å². The fraction of sp³-hybridized carbons (Fsp3) is 0.600. The molecule has 0 amide bonds. The fourth-order valence-electron chi connectivity index (χ4n) is 2.84. The van der Waals surface area contributed by atoms with Crippen LogP contribution in [0.5, 0.6) is 5.75 Å². The zero-order valence-corrected chi connectivity index (χ0v) is 13.3. The van der Waals surface area contributed by atoms with Crippen LogP contribution < -0.4 is 9.46 Å². The van der Waals surface area contributed by atoms with E-state index in [0.717, 1.165) is 31.2 Å². The number of rotatable bonds is 5.